The van der Waals surface area contributed by atoms with Gasteiger partial charge in [0.15, 0.2) is 0 Å². The van der Waals surface area contributed by atoms with Gasteiger partial charge in [-0.05, 0) is 36.6 Å². The Hall–Kier alpha value is -1.32. The van der Waals surface area contributed by atoms with Crippen LogP contribution in [0.1, 0.15) is 36.3 Å². The van der Waals surface area contributed by atoms with Crippen molar-refractivity contribution in [2.75, 3.05) is 0 Å². The molecular weight excluding hydrogens is 246 g/mol. The van der Waals surface area contributed by atoms with E-state index in [0.29, 0.717) is 0 Å². The van der Waals surface area contributed by atoms with Crippen molar-refractivity contribution in [3.63, 3.8) is 0 Å². The zero-order valence-corrected chi connectivity index (χ0v) is 11.5. The summed E-state index contributed by atoms with van der Waals surface area (Å²) in [5, 5.41) is 4.30. The molecule has 1 unspecified atom stereocenters. The predicted octanol–water partition coefficient (Wildman–Crippen LogP) is 3.61. The zero-order chi connectivity index (χ0) is 13.0. The molecule has 2 rings (SSSR count). The lowest BCUT2D eigenvalue weighted by molar-refractivity contribution is 0.497. The van der Waals surface area contributed by atoms with Crippen molar-refractivity contribution in [1.82, 2.24) is 15.3 Å². The summed E-state index contributed by atoms with van der Waals surface area (Å²) in [6.45, 7) is 5.05. The second kappa shape index (κ2) is 6.03. The number of aromatic amines is 1. The second-order valence-electron chi connectivity index (χ2n) is 4.39. The molecule has 0 aliphatic heterocycles. The van der Waals surface area contributed by atoms with E-state index in [1.165, 1.54) is 11.1 Å². The van der Waals surface area contributed by atoms with Crippen molar-refractivity contribution in [1.29, 1.82) is 0 Å². The van der Waals surface area contributed by atoms with E-state index in [-0.39, 0.29) is 6.04 Å². The quantitative estimate of drug-likeness (QED) is 0.865. The fourth-order valence-corrected chi connectivity index (χ4v) is 2.22. The van der Waals surface area contributed by atoms with Crippen LogP contribution in [0, 0.1) is 6.92 Å². The van der Waals surface area contributed by atoms with Gasteiger partial charge in [0.25, 0.3) is 0 Å². The predicted molar refractivity (Wildman–Crippen MR) is 74.6 cm³/mol. The number of halogens is 1. The van der Waals surface area contributed by atoms with Crippen LogP contribution < -0.4 is 5.32 Å². The lowest BCUT2D eigenvalue weighted by Crippen LogP contribution is -2.21. The summed E-state index contributed by atoms with van der Waals surface area (Å²) >= 11 is 5.95. The van der Waals surface area contributed by atoms with Crippen molar-refractivity contribution in [2.45, 2.75) is 32.9 Å². The number of aromatic nitrogens is 2. The van der Waals surface area contributed by atoms with Crippen LogP contribution in [0.15, 0.2) is 30.6 Å². The Bertz CT molecular complexity index is 494. The molecule has 0 spiro atoms. The minimum Gasteiger partial charge on any atom is -0.347 e. The Balaban J connectivity index is 2.02. The van der Waals surface area contributed by atoms with E-state index in [4.69, 9.17) is 11.6 Å². The molecule has 0 amide bonds. The van der Waals surface area contributed by atoms with E-state index in [0.717, 1.165) is 23.8 Å². The Kier molecular flexibility index (Phi) is 4.39. The number of imidazole rings is 1. The standard InChI is InChI=1S/C14H18ClN3/c1-3-13(14-16-6-7-17-14)18-9-11-4-5-12(15)8-10(11)2/h4-8,13,18H,3,9H2,1-2H3,(H,16,17). The number of hydrogen-bond donors (Lipinski definition) is 2. The van der Waals surface area contributed by atoms with E-state index in [1.54, 1.807) is 6.20 Å². The minimum absolute atomic E-state index is 0.259. The number of benzene rings is 1. The van der Waals surface area contributed by atoms with Gasteiger partial charge in [0, 0.05) is 24.0 Å². The van der Waals surface area contributed by atoms with Crippen molar-refractivity contribution in [3.8, 4) is 0 Å². The average Bonchev–Trinajstić information content (AvgIpc) is 2.86. The van der Waals surface area contributed by atoms with E-state index >= 15 is 0 Å². The number of rotatable bonds is 5. The summed E-state index contributed by atoms with van der Waals surface area (Å²) in [4.78, 5) is 7.45. The Morgan fingerprint density at radius 3 is 2.89 bits per heavy atom. The smallest absolute Gasteiger partial charge is 0.123 e. The van der Waals surface area contributed by atoms with Gasteiger partial charge in [0.1, 0.15) is 5.82 Å². The molecule has 0 aliphatic rings. The van der Waals surface area contributed by atoms with Crippen LogP contribution in [0.5, 0.6) is 0 Å². The number of aryl methyl sites for hydroxylation is 1. The lowest BCUT2D eigenvalue weighted by atomic mass is 10.1. The van der Waals surface area contributed by atoms with Gasteiger partial charge in [-0.3, -0.25) is 0 Å². The molecular formula is C14H18ClN3. The van der Waals surface area contributed by atoms with Crippen LogP contribution in [-0.4, -0.2) is 9.97 Å². The molecule has 2 N–H and O–H groups in total. The maximum absolute atomic E-state index is 5.95. The maximum atomic E-state index is 5.95. The van der Waals surface area contributed by atoms with Crippen LogP contribution in [-0.2, 0) is 6.54 Å². The van der Waals surface area contributed by atoms with Crippen LogP contribution in [0.25, 0.3) is 0 Å². The van der Waals surface area contributed by atoms with E-state index in [1.807, 2.05) is 18.3 Å². The van der Waals surface area contributed by atoms with Gasteiger partial charge in [-0.25, -0.2) is 4.98 Å². The highest BCUT2D eigenvalue weighted by Crippen LogP contribution is 2.17. The molecule has 1 aromatic heterocycles. The summed E-state index contributed by atoms with van der Waals surface area (Å²) in [6.07, 6.45) is 4.64. The largest absolute Gasteiger partial charge is 0.347 e. The molecule has 4 heteroatoms. The number of hydrogen-bond acceptors (Lipinski definition) is 2. The molecule has 0 fully saturated rings. The third-order valence-corrected chi connectivity index (χ3v) is 3.34. The fraction of sp³-hybridized carbons (Fsp3) is 0.357. The van der Waals surface area contributed by atoms with Gasteiger partial charge in [-0.15, -0.1) is 0 Å². The number of H-pyrrole nitrogens is 1. The summed E-state index contributed by atoms with van der Waals surface area (Å²) < 4.78 is 0. The van der Waals surface area contributed by atoms with Crippen LogP contribution in [0.4, 0.5) is 0 Å². The highest BCUT2D eigenvalue weighted by molar-refractivity contribution is 6.30. The van der Waals surface area contributed by atoms with E-state index in [9.17, 15) is 0 Å². The number of nitrogens with zero attached hydrogens (tertiary/aromatic N) is 1. The minimum atomic E-state index is 0.259. The Morgan fingerprint density at radius 2 is 2.28 bits per heavy atom. The Morgan fingerprint density at radius 1 is 1.44 bits per heavy atom. The highest BCUT2D eigenvalue weighted by Gasteiger charge is 2.11. The summed E-state index contributed by atoms with van der Waals surface area (Å²) in [6, 6.07) is 6.25. The molecule has 0 bridgehead atoms. The topological polar surface area (TPSA) is 40.7 Å². The van der Waals surface area contributed by atoms with Crippen LogP contribution >= 0.6 is 11.6 Å². The fourth-order valence-electron chi connectivity index (χ4n) is 1.99. The monoisotopic (exact) mass is 263 g/mol. The van der Waals surface area contributed by atoms with E-state index in [2.05, 4.69) is 35.2 Å². The van der Waals surface area contributed by atoms with Crippen LogP contribution in [0.3, 0.4) is 0 Å². The number of nitrogens with one attached hydrogen (secondary N) is 2. The second-order valence-corrected chi connectivity index (χ2v) is 4.82. The molecule has 96 valence electrons. The summed E-state index contributed by atoms with van der Waals surface area (Å²) in [5.74, 6) is 0.990. The van der Waals surface area contributed by atoms with Crippen molar-refractivity contribution >= 4 is 11.6 Å². The van der Waals surface area contributed by atoms with Gasteiger partial charge in [-0.2, -0.15) is 0 Å². The summed E-state index contributed by atoms with van der Waals surface area (Å²) in [7, 11) is 0. The van der Waals surface area contributed by atoms with Gasteiger partial charge in [0.05, 0.1) is 6.04 Å². The third kappa shape index (κ3) is 3.12. The molecule has 0 saturated carbocycles. The molecule has 0 radical (unpaired) electrons. The maximum Gasteiger partial charge on any atom is 0.123 e. The van der Waals surface area contributed by atoms with Crippen molar-refractivity contribution in [2.24, 2.45) is 0 Å². The molecule has 2 aromatic rings. The molecule has 1 heterocycles. The molecule has 0 saturated heterocycles. The van der Waals surface area contributed by atoms with Crippen LogP contribution in [0.2, 0.25) is 5.02 Å². The van der Waals surface area contributed by atoms with Crippen molar-refractivity contribution in [3.05, 3.63) is 52.6 Å². The van der Waals surface area contributed by atoms with Gasteiger partial charge < -0.3 is 10.3 Å². The first-order valence-electron chi connectivity index (χ1n) is 6.18. The third-order valence-electron chi connectivity index (χ3n) is 3.10. The van der Waals surface area contributed by atoms with Gasteiger partial charge in [0.2, 0.25) is 0 Å². The van der Waals surface area contributed by atoms with Gasteiger partial charge in [-0.1, -0.05) is 24.6 Å². The zero-order valence-electron chi connectivity index (χ0n) is 10.7. The summed E-state index contributed by atoms with van der Waals surface area (Å²) in [5.41, 5.74) is 2.48. The van der Waals surface area contributed by atoms with E-state index < -0.39 is 0 Å². The average molecular weight is 264 g/mol. The normalized spacial score (nSPS) is 12.6. The first-order chi connectivity index (χ1) is 8.70. The highest BCUT2D eigenvalue weighted by atomic mass is 35.5. The SMILES string of the molecule is CCC(NCc1ccc(Cl)cc1C)c1ncc[nH]1. The molecule has 1 atom stereocenters. The van der Waals surface area contributed by atoms with Gasteiger partial charge >= 0.3 is 0 Å². The molecule has 1 aromatic carbocycles. The lowest BCUT2D eigenvalue weighted by Gasteiger charge is -2.15. The molecule has 18 heavy (non-hydrogen) atoms. The van der Waals surface area contributed by atoms with Crippen molar-refractivity contribution < 1.29 is 0 Å². The molecule has 3 nitrogen and oxygen atoms in total. The Labute approximate surface area is 113 Å². The molecule has 0 aliphatic carbocycles. The first-order valence-corrected chi connectivity index (χ1v) is 6.56. The first kappa shape index (κ1) is 13.1.